The highest BCUT2D eigenvalue weighted by Crippen LogP contribution is 2.37. The van der Waals surface area contributed by atoms with Gasteiger partial charge >= 0.3 is 0 Å². The molecule has 0 fully saturated rings. The Bertz CT molecular complexity index is 598. The van der Waals surface area contributed by atoms with E-state index in [2.05, 4.69) is 29.5 Å². The Morgan fingerprint density at radius 2 is 2.30 bits per heavy atom. The van der Waals surface area contributed by atoms with Crippen molar-refractivity contribution in [3.63, 3.8) is 0 Å². The van der Waals surface area contributed by atoms with Gasteiger partial charge in [-0.05, 0) is 24.5 Å². The average Bonchev–Trinajstić information content (AvgIpc) is 3.06. The number of amides is 1. The molecular weight excluding hydrogens is 270 g/mol. The molecule has 1 aromatic carbocycles. The minimum Gasteiger partial charge on any atom is -0.310 e. The molecule has 1 atom stereocenters. The van der Waals surface area contributed by atoms with Crippen LogP contribution in [0.25, 0.3) is 0 Å². The lowest BCUT2D eigenvalue weighted by Gasteiger charge is -2.11. The maximum atomic E-state index is 12.4. The second-order valence-electron chi connectivity index (χ2n) is 4.85. The number of carbonyl (C=O) groups excluding carboxylic acids is 1. The second kappa shape index (κ2) is 5.71. The van der Waals surface area contributed by atoms with Crippen molar-refractivity contribution in [3.8, 4) is 0 Å². The Labute approximate surface area is 122 Å². The Hall–Kier alpha value is -1.75. The molecule has 0 unspecified atom stereocenters. The van der Waals surface area contributed by atoms with E-state index in [0.717, 1.165) is 25.2 Å². The van der Waals surface area contributed by atoms with Gasteiger partial charge in [0.05, 0.1) is 11.4 Å². The summed E-state index contributed by atoms with van der Waals surface area (Å²) in [6, 6.07) is 10.1. The van der Waals surface area contributed by atoms with E-state index in [4.69, 9.17) is 0 Å². The number of aromatic nitrogens is 2. The van der Waals surface area contributed by atoms with Crippen LogP contribution in [-0.4, -0.2) is 20.9 Å². The van der Waals surface area contributed by atoms with Crippen molar-refractivity contribution in [1.29, 1.82) is 0 Å². The Kier molecular flexibility index (Phi) is 3.78. The molecule has 1 N–H and O–H groups in total. The average molecular weight is 287 g/mol. The van der Waals surface area contributed by atoms with Crippen molar-refractivity contribution >= 4 is 23.5 Å². The quantitative estimate of drug-likeness (QED) is 0.940. The Balaban J connectivity index is 1.68. The van der Waals surface area contributed by atoms with Gasteiger partial charge in [0, 0.05) is 17.5 Å². The van der Waals surface area contributed by atoms with Crippen molar-refractivity contribution in [2.24, 2.45) is 0 Å². The molecule has 1 aromatic heterocycles. The predicted molar refractivity (Wildman–Crippen MR) is 80.9 cm³/mol. The summed E-state index contributed by atoms with van der Waals surface area (Å²) in [5, 5.41) is 7.17. The molecule has 20 heavy (non-hydrogen) atoms. The van der Waals surface area contributed by atoms with Crippen molar-refractivity contribution in [1.82, 2.24) is 9.78 Å². The molecule has 5 heteroatoms. The summed E-state index contributed by atoms with van der Waals surface area (Å²) in [6.45, 7) is 2.91. The second-order valence-corrected chi connectivity index (χ2v) is 6.09. The first-order valence-electron chi connectivity index (χ1n) is 6.85. The number of anilines is 1. The van der Waals surface area contributed by atoms with Gasteiger partial charge in [-0.15, -0.1) is 11.8 Å². The molecule has 1 amide bonds. The van der Waals surface area contributed by atoms with Crippen LogP contribution in [0.1, 0.15) is 18.9 Å². The third kappa shape index (κ3) is 2.58. The van der Waals surface area contributed by atoms with Gasteiger partial charge in [-0.2, -0.15) is 5.10 Å². The summed E-state index contributed by atoms with van der Waals surface area (Å²) in [5.41, 5.74) is 1.26. The monoisotopic (exact) mass is 287 g/mol. The molecule has 1 aliphatic rings. The summed E-state index contributed by atoms with van der Waals surface area (Å²) in [4.78, 5) is 13.6. The highest BCUT2D eigenvalue weighted by Gasteiger charge is 2.28. The number of carbonyl (C=O) groups is 1. The molecule has 4 nitrogen and oxygen atoms in total. The van der Waals surface area contributed by atoms with Gasteiger partial charge in [0.1, 0.15) is 5.82 Å². The summed E-state index contributed by atoms with van der Waals surface area (Å²) < 4.78 is 1.84. The minimum atomic E-state index is -0.0441. The van der Waals surface area contributed by atoms with E-state index in [0.29, 0.717) is 0 Å². The summed E-state index contributed by atoms with van der Waals surface area (Å²) >= 11 is 1.64. The van der Waals surface area contributed by atoms with E-state index in [-0.39, 0.29) is 11.2 Å². The summed E-state index contributed by atoms with van der Waals surface area (Å²) in [6.07, 6.45) is 3.52. The Morgan fingerprint density at radius 1 is 1.45 bits per heavy atom. The number of nitrogens with one attached hydrogen (secondary N) is 1. The Morgan fingerprint density at radius 3 is 3.10 bits per heavy atom. The van der Waals surface area contributed by atoms with Gasteiger partial charge < -0.3 is 5.32 Å². The highest BCUT2D eigenvalue weighted by molar-refractivity contribution is 8.01. The van der Waals surface area contributed by atoms with E-state index < -0.39 is 0 Å². The minimum absolute atomic E-state index is 0.0441. The van der Waals surface area contributed by atoms with Crippen LogP contribution >= 0.6 is 11.8 Å². The summed E-state index contributed by atoms with van der Waals surface area (Å²) in [5.74, 6) is 0.845. The van der Waals surface area contributed by atoms with Crippen molar-refractivity contribution in [3.05, 3.63) is 42.1 Å². The fourth-order valence-corrected chi connectivity index (χ4v) is 3.56. The first-order chi connectivity index (χ1) is 9.78. The molecular formula is C15H17N3OS. The molecule has 2 aromatic rings. The molecule has 0 saturated carbocycles. The molecule has 0 radical (unpaired) electrons. The van der Waals surface area contributed by atoms with Crippen LogP contribution in [0.2, 0.25) is 0 Å². The number of fused-ring (bicyclic) bond motifs is 1. The van der Waals surface area contributed by atoms with Crippen LogP contribution in [0.15, 0.2) is 41.4 Å². The standard InChI is InChI=1S/C15H17N3OS/c1-2-9-18-14(7-8-16-18)17-15(19)13-10-11-5-3-4-6-12(11)20-13/h3-8,13H,2,9-10H2,1H3,(H,17,19)/t13-/m0/s1. The first-order valence-corrected chi connectivity index (χ1v) is 7.73. The van der Waals surface area contributed by atoms with Gasteiger partial charge in [-0.1, -0.05) is 25.1 Å². The zero-order chi connectivity index (χ0) is 13.9. The zero-order valence-corrected chi connectivity index (χ0v) is 12.2. The normalized spacial score (nSPS) is 16.9. The smallest absolute Gasteiger partial charge is 0.239 e. The van der Waals surface area contributed by atoms with E-state index >= 15 is 0 Å². The fourth-order valence-electron chi connectivity index (χ4n) is 2.36. The number of thioether (sulfide) groups is 1. The van der Waals surface area contributed by atoms with Crippen molar-refractivity contribution in [2.45, 2.75) is 36.5 Å². The number of rotatable bonds is 4. The molecule has 104 valence electrons. The number of hydrogen-bond acceptors (Lipinski definition) is 3. The van der Waals surface area contributed by atoms with E-state index in [1.165, 1.54) is 10.5 Å². The molecule has 0 spiro atoms. The van der Waals surface area contributed by atoms with Crippen LogP contribution in [-0.2, 0) is 17.8 Å². The molecule has 0 aliphatic carbocycles. The highest BCUT2D eigenvalue weighted by atomic mass is 32.2. The van der Waals surface area contributed by atoms with Gasteiger partial charge in [-0.3, -0.25) is 4.79 Å². The first kappa shape index (κ1) is 13.2. The predicted octanol–water partition coefficient (Wildman–Crippen LogP) is 2.95. The maximum Gasteiger partial charge on any atom is 0.239 e. The maximum absolute atomic E-state index is 12.4. The third-order valence-electron chi connectivity index (χ3n) is 3.34. The van der Waals surface area contributed by atoms with Crippen LogP contribution in [0.5, 0.6) is 0 Å². The van der Waals surface area contributed by atoms with Crippen LogP contribution in [0.3, 0.4) is 0 Å². The van der Waals surface area contributed by atoms with E-state index in [1.54, 1.807) is 18.0 Å². The molecule has 0 bridgehead atoms. The lowest BCUT2D eigenvalue weighted by Crippen LogP contribution is -2.26. The van der Waals surface area contributed by atoms with E-state index in [1.807, 2.05) is 22.9 Å². The van der Waals surface area contributed by atoms with E-state index in [9.17, 15) is 4.79 Å². The molecule has 3 rings (SSSR count). The van der Waals surface area contributed by atoms with Crippen molar-refractivity contribution < 1.29 is 4.79 Å². The number of aryl methyl sites for hydroxylation is 1. The fraction of sp³-hybridized carbons (Fsp3) is 0.333. The zero-order valence-electron chi connectivity index (χ0n) is 11.4. The van der Waals surface area contributed by atoms with Gasteiger partial charge in [0.25, 0.3) is 0 Å². The molecule has 2 heterocycles. The van der Waals surface area contributed by atoms with Crippen LogP contribution in [0, 0.1) is 0 Å². The molecule has 0 saturated heterocycles. The number of benzene rings is 1. The van der Waals surface area contributed by atoms with Gasteiger partial charge in [-0.25, -0.2) is 4.68 Å². The number of nitrogens with zero attached hydrogens (tertiary/aromatic N) is 2. The molecule has 1 aliphatic heterocycles. The SMILES string of the molecule is CCCn1nccc1NC(=O)[C@@H]1Cc2ccccc2S1. The van der Waals surface area contributed by atoms with Crippen LogP contribution < -0.4 is 5.32 Å². The number of hydrogen-bond donors (Lipinski definition) is 1. The van der Waals surface area contributed by atoms with Crippen molar-refractivity contribution in [2.75, 3.05) is 5.32 Å². The van der Waals surface area contributed by atoms with Gasteiger partial charge in [0.2, 0.25) is 5.91 Å². The van der Waals surface area contributed by atoms with Crippen LogP contribution in [0.4, 0.5) is 5.82 Å². The van der Waals surface area contributed by atoms with Gasteiger partial charge in [0.15, 0.2) is 0 Å². The largest absolute Gasteiger partial charge is 0.310 e. The summed E-state index contributed by atoms with van der Waals surface area (Å²) in [7, 11) is 0. The topological polar surface area (TPSA) is 46.9 Å². The lowest BCUT2D eigenvalue weighted by atomic mass is 10.1. The third-order valence-corrected chi connectivity index (χ3v) is 4.66. The lowest BCUT2D eigenvalue weighted by molar-refractivity contribution is -0.115.